The Labute approximate surface area is 137 Å². The quantitative estimate of drug-likeness (QED) is 0.806. The summed E-state index contributed by atoms with van der Waals surface area (Å²) in [7, 11) is -3.09. The highest BCUT2D eigenvalue weighted by molar-refractivity contribution is 7.90. The van der Waals surface area contributed by atoms with Gasteiger partial charge in [-0.3, -0.25) is 0 Å². The molecule has 23 heavy (non-hydrogen) atoms. The van der Waals surface area contributed by atoms with Crippen LogP contribution in [0.25, 0.3) is 0 Å². The van der Waals surface area contributed by atoms with Crippen molar-refractivity contribution in [3.63, 3.8) is 0 Å². The van der Waals surface area contributed by atoms with Crippen LogP contribution >= 0.6 is 0 Å². The summed E-state index contributed by atoms with van der Waals surface area (Å²) in [5.74, 6) is 0. The molecular weight excluding hydrogens is 316 g/mol. The van der Waals surface area contributed by atoms with E-state index in [9.17, 15) is 9.00 Å². The number of carbonyl (C=O) groups excluding carboxylic acids is 1. The van der Waals surface area contributed by atoms with E-state index in [0.717, 1.165) is 0 Å². The zero-order valence-corrected chi connectivity index (χ0v) is 14.6. The smallest absolute Gasteiger partial charge is 0.410 e. The Morgan fingerprint density at radius 3 is 2.39 bits per heavy atom. The number of hydrogen-bond donors (Lipinski definition) is 2. The third-order valence-electron chi connectivity index (χ3n) is 3.43. The standard InChI is InChI=1S/C15H24N4O3S/c1-15(2,3)22-14(20)18-7-9-19(10-8-18)23(17,21)13-6-4-5-12(16)11-13/h4-6,11,17H,7-10,16H2,1-3H3. The molecule has 1 fully saturated rings. The summed E-state index contributed by atoms with van der Waals surface area (Å²) >= 11 is 0. The van der Waals surface area contributed by atoms with Crippen LogP contribution in [0.3, 0.4) is 0 Å². The van der Waals surface area contributed by atoms with Gasteiger partial charge in [-0.1, -0.05) is 6.07 Å². The van der Waals surface area contributed by atoms with Crippen LogP contribution in [-0.2, 0) is 14.7 Å². The van der Waals surface area contributed by atoms with Crippen molar-refractivity contribution < 1.29 is 13.7 Å². The Morgan fingerprint density at radius 1 is 1.26 bits per heavy atom. The maximum Gasteiger partial charge on any atom is 0.410 e. The fourth-order valence-electron chi connectivity index (χ4n) is 2.29. The average molecular weight is 340 g/mol. The van der Waals surface area contributed by atoms with E-state index in [-0.39, 0.29) is 6.09 Å². The number of rotatable bonds is 2. The number of anilines is 1. The minimum atomic E-state index is -3.09. The van der Waals surface area contributed by atoms with Crippen LogP contribution in [0, 0.1) is 4.78 Å². The lowest BCUT2D eigenvalue weighted by molar-refractivity contribution is 0.0194. The van der Waals surface area contributed by atoms with E-state index in [1.165, 1.54) is 0 Å². The van der Waals surface area contributed by atoms with Crippen LogP contribution in [0.2, 0.25) is 0 Å². The Kier molecular flexibility index (Phi) is 4.86. The third kappa shape index (κ3) is 4.35. The molecule has 1 unspecified atom stereocenters. The van der Waals surface area contributed by atoms with Crippen molar-refractivity contribution in [1.82, 2.24) is 9.21 Å². The van der Waals surface area contributed by atoms with E-state index in [2.05, 4.69) is 0 Å². The molecule has 128 valence electrons. The lowest BCUT2D eigenvalue weighted by atomic mass is 10.2. The molecule has 1 saturated heterocycles. The lowest BCUT2D eigenvalue weighted by Crippen LogP contribution is -2.51. The first kappa shape index (κ1) is 17.6. The van der Waals surface area contributed by atoms with E-state index in [1.54, 1.807) is 33.5 Å². The van der Waals surface area contributed by atoms with E-state index < -0.39 is 15.5 Å². The highest BCUT2D eigenvalue weighted by Gasteiger charge is 2.30. The first-order chi connectivity index (χ1) is 10.6. The molecule has 0 spiro atoms. The molecule has 2 rings (SSSR count). The zero-order chi connectivity index (χ0) is 17.3. The van der Waals surface area contributed by atoms with Crippen LogP contribution in [0.4, 0.5) is 10.5 Å². The molecule has 1 aromatic carbocycles. The maximum atomic E-state index is 12.8. The molecule has 1 heterocycles. The van der Waals surface area contributed by atoms with Crippen LogP contribution in [0.1, 0.15) is 20.8 Å². The van der Waals surface area contributed by atoms with E-state index in [1.807, 2.05) is 20.8 Å². The molecule has 1 aliphatic heterocycles. The van der Waals surface area contributed by atoms with Gasteiger partial charge in [-0.05, 0) is 39.0 Å². The van der Waals surface area contributed by atoms with E-state index in [0.29, 0.717) is 36.8 Å². The van der Waals surface area contributed by atoms with Crippen molar-refractivity contribution in [2.75, 3.05) is 31.9 Å². The summed E-state index contributed by atoms with van der Waals surface area (Å²) in [6, 6.07) is 6.59. The second kappa shape index (κ2) is 6.37. The number of amides is 1. The van der Waals surface area contributed by atoms with Crippen molar-refractivity contribution in [3.8, 4) is 0 Å². The third-order valence-corrected chi connectivity index (χ3v) is 5.42. The SMILES string of the molecule is CC(C)(C)OC(=O)N1CCN(S(=N)(=O)c2cccc(N)c2)CC1. The summed E-state index contributed by atoms with van der Waals surface area (Å²) < 4.78 is 28.0. The number of nitrogens with one attached hydrogen (secondary N) is 1. The largest absolute Gasteiger partial charge is 0.444 e. The highest BCUT2D eigenvalue weighted by atomic mass is 32.2. The molecule has 1 atom stereocenters. The molecule has 7 nitrogen and oxygen atoms in total. The van der Waals surface area contributed by atoms with Crippen molar-refractivity contribution in [1.29, 1.82) is 4.78 Å². The van der Waals surface area contributed by atoms with Crippen LogP contribution in [0.5, 0.6) is 0 Å². The molecule has 0 radical (unpaired) electrons. The Balaban J connectivity index is 2.03. The first-order valence-electron chi connectivity index (χ1n) is 7.47. The number of nitrogens with two attached hydrogens (primary N) is 1. The number of carbonyl (C=O) groups is 1. The summed E-state index contributed by atoms with van der Waals surface area (Å²) in [5.41, 5.74) is 5.65. The summed E-state index contributed by atoms with van der Waals surface area (Å²) in [6.45, 7) is 6.93. The highest BCUT2D eigenvalue weighted by Crippen LogP contribution is 2.21. The minimum Gasteiger partial charge on any atom is -0.444 e. The van der Waals surface area contributed by atoms with E-state index >= 15 is 0 Å². The molecule has 0 saturated carbocycles. The number of benzene rings is 1. The molecule has 3 N–H and O–H groups in total. The van der Waals surface area contributed by atoms with Crippen LogP contribution < -0.4 is 5.73 Å². The molecule has 0 aromatic heterocycles. The average Bonchev–Trinajstić information content (AvgIpc) is 2.45. The molecule has 8 heteroatoms. The number of nitrogen functional groups attached to an aromatic ring is 1. The van der Waals surface area contributed by atoms with Crippen LogP contribution in [-0.4, -0.2) is 51.3 Å². The molecule has 1 aliphatic rings. The molecule has 1 aromatic rings. The van der Waals surface area contributed by atoms with Crippen molar-refractivity contribution in [3.05, 3.63) is 24.3 Å². The van der Waals surface area contributed by atoms with Gasteiger partial charge in [-0.25, -0.2) is 18.1 Å². The second-order valence-electron chi connectivity index (χ2n) is 6.49. The number of nitrogens with zero attached hydrogens (tertiary/aromatic N) is 2. The van der Waals surface area contributed by atoms with Crippen molar-refractivity contribution >= 4 is 21.7 Å². The van der Waals surface area contributed by atoms with Gasteiger partial charge in [0.15, 0.2) is 0 Å². The normalized spacial score (nSPS) is 19.2. The summed E-state index contributed by atoms with van der Waals surface area (Å²) in [5, 5.41) is 0. The summed E-state index contributed by atoms with van der Waals surface area (Å²) in [6.07, 6.45) is -0.377. The van der Waals surface area contributed by atoms with Gasteiger partial charge in [-0.15, -0.1) is 0 Å². The van der Waals surface area contributed by atoms with Crippen molar-refractivity contribution in [2.24, 2.45) is 0 Å². The molecule has 1 amide bonds. The Bertz CT molecular complexity index is 674. The van der Waals surface area contributed by atoms with Gasteiger partial charge >= 0.3 is 6.09 Å². The van der Waals surface area contributed by atoms with Crippen molar-refractivity contribution in [2.45, 2.75) is 31.3 Å². The second-order valence-corrected chi connectivity index (χ2v) is 8.53. The molecule has 0 bridgehead atoms. The number of piperazine rings is 1. The number of hydrogen-bond acceptors (Lipinski definition) is 5. The fourth-order valence-corrected chi connectivity index (χ4v) is 3.82. The predicted octanol–water partition coefficient (Wildman–Crippen LogP) is 2.14. The van der Waals surface area contributed by atoms with Gasteiger partial charge in [-0.2, -0.15) is 0 Å². The molecule has 0 aliphatic carbocycles. The van der Waals surface area contributed by atoms with Gasteiger partial charge in [0.05, 0.1) is 4.90 Å². The maximum absolute atomic E-state index is 12.8. The minimum absolute atomic E-state index is 0.358. The Morgan fingerprint density at radius 2 is 1.87 bits per heavy atom. The fraction of sp³-hybridized carbons (Fsp3) is 0.533. The van der Waals surface area contributed by atoms with Gasteiger partial charge in [0, 0.05) is 31.9 Å². The molecular formula is C15H24N4O3S. The van der Waals surface area contributed by atoms with Gasteiger partial charge in [0.1, 0.15) is 15.5 Å². The van der Waals surface area contributed by atoms with Gasteiger partial charge in [0.2, 0.25) is 0 Å². The summed E-state index contributed by atoms with van der Waals surface area (Å²) in [4.78, 5) is 14.0. The monoisotopic (exact) mass is 340 g/mol. The lowest BCUT2D eigenvalue weighted by Gasteiger charge is -2.36. The van der Waals surface area contributed by atoms with E-state index in [4.69, 9.17) is 15.3 Å². The number of ether oxygens (including phenoxy) is 1. The first-order valence-corrected chi connectivity index (χ1v) is 8.98. The van der Waals surface area contributed by atoms with Gasteiger partial charge in [0.25, 0.3) is 0 Å². The van der Waals surface area contributed by atoms with Crippen LogP contribution in [0.15, 0.2) is 29.2 Å². The Hall–Kier alpha value is -1.80. The zero-order valence-electron chi connectivity index (χ0n) is 13.7. The van der Waals surface area contributed by atoms with Gasteiger partial charge < -0.3 is 15.4 Å². The predicted molar refractivity (Wildman–Crippen MR) is 89.4 cm³/mol. The topological polar surface area (TPSA) is 99.7 Å².